The van der Waals surface area contributed by atoms with Crippen LogP contribution >= 0.6 is 15.9 Å². The summed E-state index contributed by atoms with van der Waals surface area (Å²) in [7, 11) is 1.59. The maximum Gasteiger partial charge on any atom is 0.251 e. The van der Waals surface area contributed by atoms with Gasteiger partial charge in [-0.15, -0.1) is 0 Å². The topological polar surface area (TPSA) is 63.2 Å². The van der Waals surface area contributed by atoms with Crippen molar-refractivity contribution in [2.75, 3.05) is 25.5 Å². The minimum Gasteiger partial charge on any atom is -0.497 e. The van der Waals surface area contributed by atoms with Crippen LogP contribution in [-0.4, -0.2) is 31.1 Å². The van der Waals surface area contributed by atoms with Gasteiger partial charge in [0.1, 0.15) is 11.6 Å². The first kappa shape index (κ1) is 15.3. The summed E-state index contributed by atoms with van der Waals surface area (Å²) < 4.78 is 5.98. The van der Waals surface area contributed by atoms with Gasteiger partial charge in [-0.3, -0.25) is 4.79 Å². The van der Waals surface area contributed by atoms with Crippen molar-refractivity contribution in [1.82, 2.24) is 10.3 Å². The number of aromatic nitrogens is 1. The van der Waals surface area contributed by atoms with Gasteiger partial charge < -0.3 is 15.4 Å². The van der Waals surface area contributed by atoms with Gasteiger partial charge >= 0.3 is 0 Å². The van der Waals surface area contributed by atoms with Gasteiger partial charge in [-0.25, -0.2) is 4.98 Å². The highest BCUT2D eigenvalue weighted by Crippen LogP contribution is 2.11. The van der Waals surface area contributed by atoms with E-state index >= 15 is 0 Å². The van der Waals surface area contributed by atoms with E-state index in [1.54, 1.807) is 37.6 Å². The number of amides is 1. The molecule has 1 aromatic heterocycles. The Morgan fingerprint density at radius 2 is 1.95 bits per heavy atom. The molecular formula is C15H16BrN3O2. The molecule has 0 aliphatic heterocycles. The third-order valence-electron chi connectivity index (χ3n) is 2.80. The van der Waals surface area contributed by atoms with Crippen LogP contribution in [0.1, 0.15) is 10.4 Å². The molecule has 0 atom stereocenters. The lowest BCUT2D eigenvalue weighted by Gasteiger charge is -2.08. The lowest BCUT2D eigenvalue weighted by atomic mass is 10.2. The minimum absolute atomic E-state index is 0.108. The molecule has 110 valence electrons. The van der Waals surface area contributed by atoms with Crippen molar-refractivity contribution in [2.24, 2.45) is 0 Å². The van der Waals surface area contributed by atoms with Crippen molar-refractivity contribution in [3.05, 3.63) is 52.6 Å². The van der Waals surface area contributed by atoms with Crippen molar-refractivity contribution in [3.63, 3.8) is 0 Å². The average Bonchev–Trinajstić information content (AvgIpc) is 2.53. The predicted octanol–water partition coefficient (Wildman–Crippen LogP) is 2.69. The number of anilines is 1. The number of carbonyl (C=O) groups excluding carboxylic acids is 1. The molecule has 1 amide bonds. The highest BCUT2D eigenvalue weighted by Gasteiger charge is 2.04. The van der Waals surface area contributed by atoms with Crippen LogP contribution in [-0.2, 0) is 0 Å². The Hall–Kier alpha value is -2.08. The van der Waals surface area contributed by atoms with E-state index in [-0.39, 0.29) is 5.91 Å². The Balaban J connectivity index is 1.74. The van der Waals surface area contributed by atoms with E-state index in [4.69, 9.17) is 4.74 Å². The van der Waals surface area contributed by atoms with Crippen LogP contribution < -0.4 is 15.4 Å². The Bertz CT molecular complexity index is 585. The summed E-state index contributed by atoms with van der Waals surface area (Å²) in [4.78, 5) is 16.1. The van der Waals surface area contributed by atoms with Gasteiger partial charge in [0.05, 0.1) is 7.11 Å². The molecule has 5 nitrogen and oxygen atoms in total. The highest BCUT2D eigenvalue weighted by molar-refractivity contribution is 9.10. The Labute approximate surface area is 131 Å². The molecular weight excluding hydrogens is 334 g/mol. The van der Waals surface area contributed by atoms with E-state index in [0.29, 0.717) is 18.7 Å². The molecule has 0 saturated heterocycles. The van der Waals surface area contributed by atoms with Crippen LogP contribution in [0.2, 0.25) is 0 Å². The zero-order valence-corrected chi connectivity index (χ0v) is 13.2. The largest absolute Gasteiger partial charge is 0.497 e. The summed E-state index contributed by atoms with van der Waals surface area (Å²) in [5, 5.41) is 5.97. The van der Waals surface area contributed by atoms with Gasteiger partial charge in [0.15, 0.2) is 0 Å². The number of rotatable bonds is 6. The van der Waals surface area contributed by atoms with E-state index in [0.717, 1.165) is 16.0 Å². The van der Waals surface area contributed by atoms with E-state index in [1.807, 2.05) is 12.1 Å². The molecule has 2 rings (SSSR count). The third-order valence-corrected chi connectivity index (χ3v) is 3.27. The average molecular weight is 350 g/mol. The number of methoxy groups -OCH3 is 1. The number of carbonyl (C=O) groups is 1. The van der Waals surface area contributed by atoms with Crippen LogP contribution in [0.4, 0.5) is 5.82 Å². The molecule has 0 spiro atoms. The molecule has 0 aliphatic rings. The second-order valence-corrected chi connectivity index (χ2v) is 5.19. The first-order valence-electron chi connectivity index (χ1n) is 6.47. The molecule has 1 heterocycles. The molecule has 6 heteroatoms. The van der Waals surface area contributed by atoms with E-state index in [2.05, 4.69) is 31.5 Å². The molecule has 0 fully saturated rings. The maximum atomic E-state index is 11.9. The van der Waals surface area contributed by atoms with Crippen LogP contribution in [0.25, 0.3) is 0 Å². The van der Waals surface area contributed by atoms with Crippen LogP contribution in [0, 0.1) is 0 Å². The molecule has 1 aromatic carbocycles. The fourth-order valence-corrected chi connectivity index (χ4v) is 1.93. The normalized spacial score (nSPS) is 10.0. The molecule has 0 bridgehead atoms. The standard InChI is InChI=1S/C15H16BrN3O2/c1-21-13-5-2-11(3-6-13)15(20)18-9-8-17-14-7-4-12(16)10-19-14/h2-7,10H,8-9H2,1H3,(H,17,19)(H,18,20). The Morgan fingerprint density at radius 1 is 1.19 bits per heavy atom. The number of halogens is 1. The molecule has 2 aromatic rings. The number of benzene rings is 1. The first-order chi connectivity index (χ1) is 10.2. The molecule has 21 heavy (non-hydrogen) atoms. The lowest BCUT2D eigenvalue weighted by molar-refractivity contribution is 0.0955. The van der Waals surface area contributed by atoms with Crippen LogP contribution in [0.3, 0.4) is 0 Å². The monoisotopic (exact) mass is 349 g/mol. The number of ether oxygens (including phenoxy) is 1. The number of pyridine rings is 1. The van der Waals surface area contributed by atoms with Crippen molar-refractivity contribution in [2.45, 2.75) is 0 Å². The molecule has 2 N–H and O–H groups in total. The van der Waals surface area contributed by atoms with Crippen molar-refractivity contribution in [3.8, 4) is 5.75 Å². The number of hydrogen-bond acceptors (Lipinski definition) is 4. The van der Waals surface area contributed by atoms with Gasteiger partial charge in [0, 0.05) is 29.3 Å². The predicted molar refractivity (Wildman–Crippen MR) is 85.8 cm³/mol. The van der Waals surface area contributed by atoms with Crippen LogP contribution in [0.15, 0.2) is 47.1 Å². The van der Waals surface area contributed by atoms with Gasteiger partial charge in [-0.05, 0) is 52.3 Å². The van der Waals surface area contributed by atoms with Crippen molar-refractivity contribution in [1.29, 1.82) is 0 Å². The van der Waals surface area contributed by atoms with E-state index < -0.39 is 0 Å². The SMILES string of the molecule is COc1ccc(C(=O)NCCNc2ccc(Br)cn2)cc1. The lowest BCUT2D eigenvalue weighted by Crippen LogP contribution is -2.28. The number of nitrogens with zero attached hydrogens (tertiary/aromatic N) is 1. The highest BCUT2D eigenvalue weighted by atomic mass is 79.9. The summed E-state index contributed by atoms with van der Waals surface area (Å²) in [5.41, 5.74) is 0.609. The van der Waals surface area contributed by atoms with Gasteiger partial charge in [0.25, 0.3) is 5.91 Å². The number of nitrogens with one attached hydrogen (secondary N) is 2. The summed E-state index contributed by atoms with van der Waals surface area (Å²) >= 11 is 3.33. The van der Waals surface area contributed by atoms with Gasteiger partial charge in [-0.2, -0.15) is 0 Å². The van der Waals surface area contributed by atoms with E-state index in [1.165, 1.54) is 0 Å². The maximum absolute atomic E-state index is 11.9. The summed E-state index contributed by atoms with van der Waals surface area (Å²) in [6.07, 6.45) is 1.72. The third kappa shape index (κ3) is 4.75. The van der Waals surface area contributed by atoms with Gasteiger partial charge in [-0.1, -0.05) is 0 Å². The zero-order valence-electron chi connectivity index (χ0n) is 11.6. The number of hydrogen-bond donors (Lipinski definition) is 2. The first-order valence-corrected chi connectivity index (χ1v) is 7.26. The Kier molecular flexibility index (Phi) is 5.57. The summed E-state index contributed by atoms with van der Waals surface area (Å²) in [6.45, 7) is 1.12. The fourth-order valence-electron chi connectivity index (χ4n) is 1.69. The van der Waals surface area contributed by atoms with Crippen molar-refractivity contribution >= 4 is 27.7 Å². The minimum atomic E-state index is -0.108. The van der Waals surface area contributed by atoms with E-state index in [9.17, 15) is 4.79 Å². The summed E-state index contributed by atoms with van der Waals surface area (Å²) in [5.74, 6) is 1.40. The molecule has 0 radical (unpaired) electrons. The summed E-state index contributed by atoms with van der Waals surface area (Å²) in [6, 6.07) is 10.8. The smallest absolute Gasteiger partial charge is 0.251 e. The van der Waals surface area contributed by atoms with Crippen LogP contribution in [0.5, 0.6) is 5.75 Å². The quantitative estimate of drug-likeness (QED) is 0.787. The zero-order chi connectivity index (χ0) is 15.1. The second-order valence-electron chi connectivity index (χ2n) is 4.27. The molecule has 0 saturated carbocycles. The fraction of sp³-hybridized carbons (Fsp3) is 0.200. The Morgan fingerprint density at radius 3 is 2.57 bits per heavy atom. The van der Waals surface area contributed by atoms with Gasteiger partial charge in [0.2, 0.25) is 0 Å². The molecule has 0 unspecified atom stereocenters. The van der Waals surface area contributed by atoms with Crippen molar-refractivity contribution < 1.29 is 9.53 Å². The molecule has 0 aliphatic carbocycles. The second kappa shape index (κ2) is 7.64.